The number of benzene rings is 2. The van der Waals surface area contributed by atoms with Gasteiger partial charge < -0.3 is 9.80 Å². The van der Waals surface area contributed by atoms with Crippen LogP contribution in [0.2, 0.25) is 0 Å². The van der Waals surface area contributed by atoms with Crippen molar-refractivity contribution >= 4 is 16.8 Å². The van der Waals surface area contributed by atoms with Gasteiger partial charge in [0.25, 0.3) is 0 Å². The lowest BCUT2D eigenvalue weighted by molar-refractivity contribution is -0.143. The molecule has 12 heteroatoms. The molecule has 1 heterocycles. The number of rotatable bonds is 4. The molecule has 4 nitrogen and oxygen atoms in total. The van der Waals surface area contributed by atoms with Crippen molar-refractivity contribution in [3.05, 3.63) is 70.0 Å². The fourth-order valence-corrected chi connectivity index (χ4v) is 5.47. The summed E-state index contributed by atoms with van der Waals surface area (Å²) in [6.07, 6.45) is -7.76. The van der Waals surface area contributed by atoms with Gasteiger partial charge in [0, 0.05) is 35.9 Å². The monoisotopic (exact) mass is 552 g/mol. The van der Waals surface area contributed by atoms with Crippen LogP contribution in [0, 0.1) is 12.7 Å². The number of carbonyl (C=O) groups is 1. The number of hydrogen-bond donors (Lipinski definition) is 0. The van der Waals surface area contributed by atoms with Crippen molar-refractivity contribution < 1.29 is 39.7 Å². The normalized spacial score (nSPS) is 20.5. The van der Waals surface area contributed by atoms with Gasteiger partial charge in [0.15, 0.2) is 0 Å². The fraction of sp³-hybridized carbons (Fsp3) is 0.480. The number of alkyl halides is 6. The van der Waals surface area contributed by atoms with Gasteiger partial charge in [-0.1, -0.05) is 6.07 Å². The van der Waals surface area contributed by atoms with Crippen LogP contribution in [-0.2, 0) is 23.2 Å². The van der Waals surface area contributed by atoms with E-state index in [4.69, 9.17) is 0 Å². The largest absolute Gasteiger partial charge is 0.416 e. The molecule has 4 atom stereocenters. The first-order valence-corrected chi connectivity index (χ1v) is 13.0. The Labute approximate surface area is 212 Å². The Morgan fingerprint density at radius 1 is 1.05 bits per heavy atom. The Balaban J connectivity index is 1.98. The Morgan fingerprint density at radius 3 is 2.11 bits per heavy atom. The van der Waals surface area contributed by atoms with E-state index in [1.165, 1.54) is 37.1 Å². The minimum Gasteiger partial charge on any atom is -0.321 e. The molecule has 0 aromatic heterocycles. The van der Waals surface area contributed by atoms with Crippen molar-refractivity contribution in [3.8, 4) is 0 Å². The predicted molar refractivity (Wildman–Crippen MR) is 126 cm³/mol. The molecule has 0 N–H and O–H groups in total. The van der Waals surface area contributed by atoms with Gasteiger partial charge in [0.2, 0.25) is 0 Å². The molecule has 0 radical (unpaired) electrons. The molecule has 3 rings (SSSR count). The maximum atomic E-state index is 13.7. The van der Waals surface area contributed by atoms with Crippen LogP contribution < -0.4 is 0 Å². The van der Waals surface area contributed by atoms with Crippen LogP contribution in [0.1, 0.15) is 59.7 Å². The van der Waals surface area contributed by atoms with E-state index < -0.39 is 58.2 Å². The van der Waals surface area contributed by atoms with Crippen molar-refractivity contribution in [2.75, 3.05) is 19.8 Å². The smallest absolute Gasteiger partial charge is 0.321 e. The lowest BCUT2D eigenvalue weighted by Crippen LogP contribution is -2.49. The molecular formula is C25H27F7N2O2S. The summed E-state index contributed by atoms with van der Waals surface area (Å²) in [5.41, 5.74) is -2.05. The lowest BCUT2D eigenvalue weighted by Gasteiger charge is -2.42. The van der Waals surface area contributed by atoms with E-state index in [9.17, 15) is 39.7 Å². The molecule has 37 heavy (non-hydrogen) atoms. The Bertz CT molecular complexity index is 1150. The van der Waals surface area contributed by atoms with Crippen LogP contribution >= 0.6 is 0 Å². The average Bonchev–Trinajstić information content (AvgIpc) is 2.81. The summed E-state index contributed by atoms with van der Waals surface area (Å²) in [6, 6.07) is 2.98. The van der Waals surface area contributed by atoms with E-state index in [1.54, 1.807) is 13.2 Å². The molecule has 0 spiro atoms. The van der Waals surface area contributed by atoms with Gasteiger partial charge in [-0.25, -0.2) is 9.18 Å². The van der Waals surface area contributed by atoms with Crippen molar-refractivity contribution in [2.45, 2.75) is 56.4 Å². The van der Waals surface area contributed by atoms with E-state index in [0.29, 0.717) is 36.1 Å². The van der Waals surface area contributed by atoms with Crippen LogP contribution in [0.25, 0.3) is 0 Å². The predicted octanol–water partition coefficient (Wildman–Crippen LogP) is 6.87. The van der Waals surface area contributed by atoms with Gasteiger partial charge in [0.1, 0.15) is 5.82 Å². The van der Waals surface area contributed by atoms with E-state index in [0.717, 1.165) is 4.90 Å². The summed E-state index contributed by atoms with van der Waals surface area (Å²) in [7, 11) is 0.109. The second-order valence-electron chi connectivity index (χ2n) is 9.26. The van der Waals surface area contributed by atoms with Gasteiger partial charge in [-0.05, 0) is 73.7 Å². The molecule has 204 valence electrons. The van der Waals surface area contributed by atoms with Crippen molar-refractivity contribution in [1.29, 1.82) is 0 Å². The molecule has 1 saturated heterocycles. The van der Waals surface area contributed by atoms with E-state index in [-0.39, 0.29) is 23.4 Å². The maximum absolute atomic E-state index is 13.7. The third-order valence-electron chi connectivity index (χ3n) is 6.84. The summed E-state index contributed by atoms with van der Waals surface area (Å²) in [5, 5.41) is -0.237. The van der Waals surface area contributed by atoms with Crippen molar-refractivity contribution in [3.63, 3.8) is 0 Å². The number of halogens is 7. The van der Waals surface area contributed by atoms with Gasteiger partial charge in [0.05, 0.1) is 23.2 Å². The first kappa shape index (κ1) is 28.9. The highest BCUT2D eigenvalue weighted by molar-refractivity contribution is 7.84. The molecular weight excluding hydrogens is 525 g/mol. The first-order valence-electron chi connectivity index (χ1n) is 11.4. The summed E-state index contributed by atoms with van der Waals surface area (Å²) < 4.78 is 106. The minimum absolute atomic E-state index is 0.0427. The molecule has 2 aromatic rings. The summed E-state index contributed by atoms with van der Waals surface area (Å²) in [4.78, 5) is 16.1. The van der Waals surface area contributed by atoms with Crippen LogP contribution in [0.3, 0.4) is 0 Å². The number of carbonyl (C=O) groups excluding carboxylic acids is 1. The maximum Gasteiger partial charge on any atom is 0.416 e. The number of urea groups is 1. The fourth-order valence-electron chi connectivity index (χ4n) is 4.58. The Kier molecular flexibility index (Phi) is 8.31. The zero-order valence-corrected chi connectivity index (χ0v) is 21.4. The number of nitrogens with zero attached hydrogens (tertiary/aromatic N) is 2. The van der Waals surface area contributed by atoms with E-state index in [2.05, 4.69) is 0 Å². The molecule has 1 aliphatic rings. The van der Waals surface area contributed by atoms with E-state index >= 15 is 0 Å². The number of likely N-dealkylation sites (tertiary alicyclic amines) is 1. The summed E-state index contributed by atoms with van der Waals surface area (Å²) in [6.45, 7) is 3.18. The van der Waals surface area contributed by atoms with Gasteiger partial charge in [-0.2, -0.15) is 26.3 Å². The zero-order valence-electron chi connectivity index (χ0n) is 20.6. The average molecular weight is 553 g/mol. The van der Waals surface area contributed by atoms with Crippen LogP contribution in [0.4, 0.5) is 35.5 Å². The number of hydrogen-bond acceptors (Lipinski definition) is 2. The van der Waals surface area contributed by atoms with Crippen LogP contribution in [0.5, 0.6) is 0 Å². The van der Waals surface area contributed by atoms with Crippen molar-refractivity contribution in [2.24, 2.45) is 0 Å². The minimum atomic E-state index is -5.01. The molecule has 1 aliphatic heterocycles. The van der Waals surface area contributed by atoms with Gasteiger partial charge in [-0.15, -0.1) is 0 Å². The lowest BCUT2D eigenvalue weighted by atomic mass is 9.92. The highest BCUT2D eigenvalue weighted by Gasteiger charge is 2.40. The molecule has 1 unspecified atom stereocenters. The quantitative estimate of drug-likeness (QED) is 0.389. The third kappa shape index (κ3) is 6.45. The zero-order chi connectivity index (χ0) is 27.9. The molecule has 0 saturated carbocycles. The second-order valence-corrected chi connectivity index (χ2v) is 10.9. The van der Waals surface area contributed by atoms with Gasteiger partial charge in [-0.3, -0.25) is 4.21 Å². The number of amides is 2. The highest BCUT2D eigenvalue weighted by Crippen LogP contribution is 2.40. The molecule has 2 aromatic carbocycles. The summed E-state index contributed by atoms with van der Waals surface area (Å²) in [5.74, 6) is -0.471. The molecule has 2 amide bonds. The highest BCUT2D eigenvalue weighted by atomic mass is 32.2. The number of piperidine rings is 1. The SMILES string of the molecule is Cc1cc(F)ccc1[C@H]1C[C@@H](S(C)=O)CCN1C(=O)N(C)[C@H](C)c1cc(C(F)(F)F)cc(C(F)(F)F)c1. The second kappa shape index (κ2) is 10.6. The first-order chi connectivity index (χ1) is 17.0. The molecule has 1 fully saturated rings. The van der Waals surface area contributed by atoms with Crippen molar-refractivity contribution in [1.82, 2.24) is 9.80 Å². The van der Waals surface area contributed by atoms with Crippen LogP contribution in [-0.4, -0.2) is 45.1 Å². The van der Waals surface area contributed by atoms with Gasteiger partial charge >= 0.3 is 18.4 Å². The standard InChI is InChI=1S/C25H27F7N2O2S/c1-14-9-19(26)5-6-21(14)22-13-20(37(4)36)7-8-34(22)23(35)33(3)15(2)16-10-17(24(27,28)29)12-18(11-16)25(30,31)32/h5-6,9-12,15,20,22H,7-8,13H2,1-4H3/t15-,20+,22-,37?/m1/s1. The van der Waals surface area contributed by atoms with Crippen LogP contribution in [0.15, 0.2) is 36.4 Å². The third-order valence-corrected chi connectivity index (χ3v) is 8.20. The number of aryl methyl sites for hydroxylation is 1. The molecule has 0 bridgehead atoms. The Hall–Kier alpha value is -2.63. The topological polar surface area (TPSA) is 40.6 Å². The molecule has 0 aliphatic carbocycles. The Morgan fingerprint density at radius 2 is 1.62 bits per heavy atom. The summed E-state index contributed by atoms with van der Waals surface area (Å²) >= 11 is 0. The van der Waals surface area contributed by atoms with E-state index in [1.807, 2.05) is 0 Å².